The molecule has 0 spiro atoms. The van der Waals surface area contributed by atoms with Crippen molar-refractivity contribution < 1.29 is 21.6 Å². The quantitative estimate of drug-likeness (QED) is 0.247. The van der Waals surface area contributed by atoms with E-state index >= 15 is 0 Å². The van der Waals surface area contributed by atoms with Gasteiger partial charge in [-0.15, -0.1) is 0 Å². The van der Waals surface area contributed by atoms with E-state index in [2.05, 4.69) is 23.9 Å². The van der Waals surface area contributed by atoms with Crippen LogP contribution >= 0.6 is 0 Å². The fourth-order valence-electron chi connectivity index (χ4n) is 4.59. The smallest absolute Gasteiger partial charge is 0.334 e. The molecule has 0 amide bonds. The molecule has 3 heterocycles. The van der Waals surface area contributed by atoms with Crippen molar-refractivity contribution in [2.75, 3.05) is 11.4 Å². The number of hydrogen-bond acceptors (Lipinski definition) is 5. The predicted octanol–water partition coefficient (Wildman–Crippen LogP) is 6.10. The van der Waals surface area contributed by atoms with E-state index in [9.17, 15) is 21.6 Å². The molecule has 208 valence electrons. The standard InChI is InChI=1S/C28H27F3N6O2S/c1-17(2)21-8-6-7-9-22(21)26-27-23(35(4)16-32-27)15-25(33-26)36(5)40(38,39)20-12-10-19(11-13-20)37-18(3)14-24(34-37)28(29,30)31/h6-17H,1-5H3. The van der Waals surface area contributed by atoms with Crippen LogP contribution in [0.1, 0.15) is 36.7 Å². The van der Waals surface area contributed by atoms with Gasteiger partial charge in [0.2, 0.25) is 0 Å². The van der Waals surface area contributed by atoms with E-state index in [-0.39, 0.29) is 22.3 Å². The lowest BCUT2D eigenvalue weighted by Crippen LogP contribution is -2.27. The number of nitrogens with zero attached hydrogens (tertiary/aromatic N) is 6. The highest BCUT2D eigenvalue weighted by atomic mass is 32.2. The van der Waals surface area contributed by atoms with Gasteiger partial charge < -0.3 is 4.57 Å². The number of aryl methyl sites for hydroxylation is 2. The molecule has 2 aromatic carbocycles. The summed E-state index contributed by atoms with van der Waals surface area (Å²) < 4.78 is 70.6. The second-order valence-corrected chi connectivity index (χ2v) is 11.8. The molecule has 0 atom stereocenters. The molecule has 12 heteroatoms. The summed E-state index contributed by atoms with van der Waals surface area (Å²) >= 11 is 0. The SMILES string of the molecule is Cc1cc(C(F)(F)F)nn1-c1ccc(S(=O)(=O)N(C)c2cc3c(ncn3C)c(-c3ccccc3C(C)C)n2)cc1. The second-order valence-electron chi connectivity index (χ2n) is 9.84. The van der Waals surface area contributed by atoms with Crippen LogP contribution < -0.4 is 4.31 Å². The van der Waals surface area contributed by atoms with Crippen LogP contribution in [0.2, 0.25) is 0 Å². The minimum absolute atomic E-state index is 0.0457. The lowest BCUT2D eigenvalue weighted by molar-refractivity contribution is -0.141. The summed E-state index contributed by atoms with van der Waals surface area (Å²) in [7, 11) is -0.836. The van der Waals surface area contributed by atoms with Gasteiger partial charge in [0.1, 0.15) is 17.0 Å². The van der Waals surface area contributed by atoms with Crippen LogP contribution in [0, 0.1) is 6.92 Å². The van der Waals surface area contributed by atoms with Gasteiger partial charge in [0.15, 0.2) is 5.69 Å². The Kier molecular flexibility index (Phi) is 6.69. The molecule has 0 fully saturated rings. The molecule has 0 bridgehead atoms. The van der Waals surface area contributed by atoms with Crippen molar-refractivity contribution in [3.05, 3.63) is 83.9 Å². The van der Waals surface area contributed by atoms with Gasteiger partial charge in [-0.3, -0.25) is 4.31 Å². The highest BCUT2D eigenvalue weighted by Crippen LogP contribution is 2.35. The molecule has 3 aromatic heterocycles. The molecule has 0 radical (unpaired) electrons. The highest BCUT2D eigenvalue weighted by molar-refractivity contribution is 7.92. The number of benzene rings is 2. The Hall–Kier alpha value is -4.19. The number of sulfonamides is 1. The number of pyridine rings is 1. The molecule has 0 aliphatic heterocycles. The molecular formula is C28H27F3N6O2S. The minimum Gasteiger partial charge on any atom is -0.334 e. The fourth-order valence-corrected chi connectivity index (χ4v) is 5.73. The van der Waals surface area contributed by atoms with Gasteiger partial charge in [-0.2, -0.15) is 18.3 Å². The van der Waals surface area contributed by atoms with Crippen molar-refractivity contribution >= 4 is 26.9 Å². The maximum absolute atomic E-state index is 13.7. The maximum Gasteiger partial charge on any atom is 0.435 e. The predicted molar refractivity (Wildman–Crippen MR) is 147 cm³/mol. The molecule has 0 saturated heterocycles. The van der Waals surface area contributed by atoms with E-state index in [4.69, 9.17) is 4.98 Å². The van der Waals surface area contributed by atoms with E-state index < -0.39 is 21.9 Å². The van der Waals surface area contributed by atoms with Gasteiger partial charge in [0.25, 0.3) is 10.0 Å². The highest BCUT2D eigenvalue weighted by Gasteiger charge is 2.34. The zero-order chi connectivity index (χ0) is 29.0. The van der Waals surface area contributed by atoms with Crippen LogP contribution in [0.4, 0.5) is 19.0 Å². The Bertz CT molecular complexity index is 1820. The van der Waals surface area contributed by atoms with Gasteiger partial charge in [-0.1, -0.05) is 38.1 Å². The second kappa shape index (κ2) is 9.77. The van der Waals surface area contributed by atoms with Gasteiger partial charge in [-0.05, 0) is 48.7 Å². The zero-order valence-corrected chi connectivity index (χ0v) is 23.3. The van der Waals surface area contributed by atoms with Crippen LogP contribution in [0.5, 0.6) is 0 Å². The molecular weight excluding hydrogens is 541 g/mol. The first-order valence-corrected chi connectivity index (χ1v) is 13.9. The molecule has 5 rings (SSSR count). The molecule has 0 aliphatic rings. The Morgan fingerprint density at radius 2 is 1.68 bits per heavy atom. The van der Waals surface area contributed by atoms with Crippen LogP contribution in [0.3, 0.4) is 0 Å². The Balaban J connectivity index is 1.56. The Labute approximate surface area is 229 Å². The average molecular weight is 569 g/mol. The summed E-state index contributed by atoms with van der Waals surface area (Å²) in [5.74, 6) is 0.400. The first kappa shape index (κ1) is 27.4. The van der Waals surface area contributed by atoms with Crippen molar-refractivity contribution in [2.24, 2.45) is 7.05 Å². The van der Waals surface area contributed by atoms with E-state index in [0.717, 1.165) is 26.2 Å². The molecule has 0 unspecified atom stereocenters. The summed E-state index contributed by atoms with van der Waals surface area (Å²) in [4.78, 5) is 9.26. The fraction of sp³-hybridized carbons (Fsp3) is 0.250. The number of hydrogen-bond donors (Lipinski definition) is 0. The average Bonchev–Trinajstić information content (AvgIpc) is 3.50. The summed E-state index contributed by atoms with van der Waals surface area (Å²) in [6, 6.07) is 16.0. The summed E-state index contributed by atoms with van der Waals surface area (Å²) in [5.41, 5.74) is 3.42. The Morgan fingerprint density at radius 1 is 1.00 bits per heavy atom. The van der Waals surface area contributed by atoms with Crippen molar-refractivity contribution in [3.8, 4) is 16.9 Å². The molecule has 8 nitrogen and oxygen atoms in total. The number of alkyl halides is 3. The van der Waals surface area contributed by atoms with Gasteiger partial charge in [0.05, 0.1) is 22.4 Å². The normalized spacial score (nSPS) is 12.4. The number of fused-ring (bicyclic) bond motifs is 1. The van der Waals surface area contributed by atoms with Crippen LogP contribution in [0.25, 0.3) is 28.0 Å². The van der Waals surface area contributed by atoms with Crippen molar-refractivity contribution in [1.82, 2.24) is 24.3 Å². The third-order valence-electron chi connectivity index (χ3n) is 6.78. The third-order valence-corrected chi connectivity index (χ3v) is 8.55. The molecule has 40 heavy (non-hydrogen) atoms. The largest absolute Gasteiger partial charge is 0.435 e. The summed E-state index contributed by atoms with van der Waals surface area (Å²) in [5, 5.41) is 3.63. The van der Waals surface area contributed by atoms with E-state index in [0.29, 0.717) is 22.4 Å². The van der Waals surface area contributed by atoms with Crippen LogP contribution in [-0.2, 0) is 23.2 Å². The van der Waals surface area contributed by atoms with E-state index in [1.165, 1.54) is 38.2 Å². The summed E-state index contributed by atoms with van der Waals surface area (Å²) in [6.07, 6.45) is -2.93. The lowest BCUT2D eigenvalue weighted by atomic mass is 9.94. The zero-order valence-electron chi connectivity index (χ0n) is 22.5. The monoisotopic (exact) mass is 568 g/mol. The van der Waals surface area contributed by atoms with Crippen molar-refractivity contribution in [3.63, 3.8) is 0 Å². The first-order valence-electron chi connectivity index (χ1n) is 12.4. The number of anilines is 1. The van der Waals surface area contributed by atoms with E-state index in [1.807, 2.05) is 31.3 Å². The number of halogens is 3. The van der Waals surface area contributed by atoms with Crippen LogP contribution in [-0.4, -0.2) is 39.8 Å². The van der Waals surface area contributed by atoms with E-state index in [1.54, 1.807) is 17.0 Å². The first-order chi connectivity index (χ1) is 18.8. The van der Waals surface area contributed by atoms with Crippen LogP contribution in [0.15, 0.2) is 71.9 Å². The van der Waals surface area contributed by atoms with Gasteiger partial charge in [0, 0.05) is 31.4 Å². The number of rotatable bonds is 6. The summed E-state index contributed by atoms with van der Waals surface area (Å²) in [6.45, 7) is 5.65. The number of aromatic nitrogens is 5. The van der Waals surface area contributed by atoms with Crippen molar-refractivity contribution in [1.29, 1.82) is 0 Å². The minimum atomic E-state index is -4.58. The van der Waals surface area contributed by atoms with Crippen molar-refractivity contribution in [2.45, 2.75) is 37.8 Å². The molecule has 0 aliphatic carbocycles. The lowest BCUT2D eigenvalue weighted by Gasteiger charge is -2.21. The van der Waals surface area contributed by atoms with Gasteiger partial charge in [-0.25, -0.2) is 23.1 Å². The number of imidazole rings is 1. The van der Waals surface area contributed by atoms with Gasteiger partial charge >= 0.3 is 6.18 Å². The maximum atomic E-state index is 13.7. The molecule has 0 saturated carbocycles. The molecule has 0 N–H and O–H groups in total. The molecule has 5 aromatic rings. The third kappa shape index (κ3) is 4.72. The Morgan fingerprint density at radius 3 is 2.30 bits per heavy atom. The topological polar surface area (TPSA) is 85.9 Å².